The minimum Gasteiger partial charge on any atom is -0.495 e. The van der Waals surface area contributed by atoms with E-state index in [1.165, 1.54) is 19.2 Å². The van der Waals surface area contributed by atoms with Crippen LogP contribution in [0.2, 0.25) is 5.02 Å². The molecule has 0 atom stereocenters. The van der Waals surface area contributed by atoms with Gasteiger partial charge < -0.3 is 8.92 Å². The monoisotopic (exact) mass is 377 g/mol. The summed E-state index contributed by atoms with van der Waals surface area (Å²) in [5.41, 5.74) is 2.12. The summed E-state index contributed by atoms with van der Waals surface area (Å²) < 4.78 is 36.2. The number of hydrogen-bond donors (Lipinski definition) is 0. The molecule has 2 aromatic carbocycles. The molecule has 0 radical (unpaired) electrons. The third kappa shape index (κ3) is 3.27. The number of fused-ring (bicyclic) bond motifs is 1. The standard InChI is InChI=1S/C18H16ClNO4S/c1-11-9-16(23-3)17(10-12(11)2)25(21,22)24-15-7-6-14(19)13-5-4-8-20-18(13)15/h4-10H,1-3H3. The van der Waals surface area contributed by atoms with Crippen LogP contribution in [0.15, 0.2) is 47.5 Å². The van der Waals surface area contributed by atoms with Crippen molar-refractivity contribution in [1.82, 2.24) is 4.98 Å². The molecule has 0 fully saturated rings. The summed E-state index contributed by atoms with van der Waals surface area (Å²) in [7, 11) is -2.69. The van der Waals surface area contributed by atoms with Crippen LogP contribution in [-0.4, -0.2) is 20.5 Å². The summed E-state index contributed by atoms with van der Waals surface area (Å²) in [5, 5.41) is 1.08. The van der Waals surface area contributed by atoms with E-state index in [1.807, 2.05) is 13.8 Å². The average molecular weight is 378 g/mol. The van der Waals surface area contributed by atoms with Gasteiger partial charge in [-0.05, 0) is 61.4 Å². The van der Waals surface area contributed by atoms with Gasteiger partial charge in [0.15, 0.2) is 5.75 Å². The Balaban J connectivity index is 2.13. The zero-order chi connectivity index (χ0) is 18.2. The van der Waals surface area contributed by atoms with Gasteiger partial charge in [0.25, 0.3) is 0 Å². The normalized spacial score (nSPS) is 11.5. The lowest BCUT2D eigenvalue weighted by Crippen LogP contribution is -2.12. The summed E-state index contributed by atoms with van der Waals surface area (Å²) in [4.78, 5) is 4.16. The molecule has 1 aromatic heterocycles. The lowest BCUT2D eigenvalue weighted by molar-refractivity contribution is 0.397. The molecule has 0 saturated carbocycles. The Labute approximate surface area is 151 Å². The van der Waals surface area contributed by atoms with E-state index in [0.29, 0.717) is 15.9 Å². The van der Waals surface area contributed by atoms with Gasteiger partial charge in [-0.25, -0.2) is 0 Å². The predicted octanol–water partition coefficient (Wildman–Crippen LogP) is 4.28. The number of aryl methyl sites for hydroxylation is 2. The van der Waals surface area contributed by atoms with Gasteiger partial charge >= 0.3 is 10.1 Å². The molecular formula is C18H16ClNO4S. The maximum absolute atomic E-state index is 12.8. The lowest BCUT2D eigenvalue weighted by atomic mass is 10.1. The molecule has 3 aromatic rings. The average Bonchev–Trinajstić information content (AvgIpc) is 2.59. The highest BCUT2D eigenvalue weighted by atomic mass is 35.5. The molecule has 3 rings (SSSR count). The molecule has 0 amide bonds. The Hall–Kier alpha value is -2.31. The first kappa shape index (κ1) is 17.5. The molecule has 0 unspecified atom stereocenters. The number of nitrogens with zero attached hydrogens (tertiary/aromatic N) is 1. The molecule has 7 heteroatoms. The van der Waals surface area contributed by atoms with E-state index < -0.39 is 10.1 Å². The van der Waals surface area contributed by atoms with E-state index in [2.05, 4.69) is 4.98 Å². The first-order chi connectivity index (χ1) is 11.8. The van der Waals surface area contributed by atoms with Crippen LogP contribution in [0.4, 0.5) is 0 Å². The first-order valence-corrected chi connectivity index (χ1v) is 9.25. The number of ether oxygens (including phenoxy) is 1. The van der Waals surface area contributed by atoms with Gasteiger partial charge in [0.1, 0.15) is 16.2 Å². The maximum Gasteiger partial charge on any atom is 0.343 e. The number of pyridine rings is 1. The fraction of sp³-hybridized carbons (Fsp3) is 0.167. The number of rotatable bonds is 4. The fourth-order valence-electron chi connectivity index (χ4n) is 2.46. The molecular weight excluding hydrogens is 362 g/mol. The second-order valence-electron chi connectivity index (χ2n) is 5.57. The number of hydrogen-bond acceptors (Lipinski definition) is 5. The van der Waals surface area contributed by atoms with Crippen molar-refractivity contribution in [3.8, 4) is 11.5 Å². The highest BCUT2D eigenvalue weighted by molar-refractivity contribution is 7.87. The minimum absolute atomic E-state index is 0.0304. The van der Waals surface area contributed by atoms with Crippen LogP contribution in [-0.2, 0) is 10.1 Å². The van der Waals surface area contributed by atoms with Crippen molar-refractivity contribution in [1.29, 1.82) is 0 Å². The summed E-state index contributed by atoms with van der Waals surface area (Å²) >= 11 is 6.14. The Morgan fingerprint density at radius 3 is 2.48 bits per heavy atom. The molecule has 0 bridgehead atoms. The van der Waals surface area contributed by atoms with E-state index in [0.717, 1.165) is 11.1 Å². The predicted molar refractivity (Wildman–Crippen MR) is 97.0 cm³/mol. The topological polar surface area (TPSA) is 65.5 Å². The third-order valence-corrected chi connectivity index (χ3v) is 5.51. The van der Waals surface area contributed by atoms with Crippen molar-refractivity contribution in [2.45, 2.75) is 18.7 Å². The van der Waals surface area contributed by atoms with Crippen molar-refractivity contribution >= 4 is 32.6 Å². The zero-order valence-corrected chi connectivity index (χ0v) is 15.5. The quantitative estimate of drug-likeness (QED) is 0.635. The van der Waals surface area contributed by atoms with Crippen molar-refractivity contribution in [3.05, 3.63) is 58.7 Å². The number of methoxy groups -OCH3 is 1. The van der Waals surface area contributed by atoms with Crippen LogP contribution >= 0.6 is 11.6 Å². The van der Waals surface area contributed by atoms with Crippen LogP contribution in [0.3, 0.4) is 0 Å². The summed E-state index contributed by atoms with van der Waals surface area (Å²) in [6, 6.07) is 9.75. The maximum atomic E-state index is 12.8. The second-order valence-corrected chi connectivity index (χ2v) is 7.49. The van der Waals surface area contributed by atoms with E-state index in [4.69, 9.17) is 20.5 Å². The van der Waals surface area contributed by atoms with Crippen molar-refractivity contribution in [2.75, 3.05) is 7.11 Å². The lowest BCUT2D eigenvalue weighted by Gasteiger charge is -2.14. The molecule has 0 spiro atoms. The highest BCUT2D eigenvalue weighted by Crippen LogP contribution is 2.34. The molecule has 130 valence electrons. The van der Waals surface area contributed by atoms with Crippen molar-refractivity contribution < 1.29 is 17.3 Å². The van der Waals surface area contributed by atoms with Crippen LogP contribution in [0, 0.1) is 13.8 Å². The largest absolute Gasteiger partial charge is 0.495 e. The number of halogens is 1. The van der Waals surface area contributed by atoms with Crippen LogP contribution < -0.4 is 8.92 Å². The zero-order valence-electron chi connectivity index (χ0n) is 13.9. The Kier molecular flexibility index (Phi) is 4.58. The Morgan fingerprint density at radius 2 is 1.76 bits per heavy atom. The third-order valence-electron chi connectivity index (χ3n) is 3.93. The van der Waals surface area contributed by atoms with E-state index in [-0.39, 0.29) is 16.4 Å². The van der Waals surface area contributed by atoms with Gasteiger partial charge in [0.2, 0.25) is 0 Å². The van der Waals surface area contributed by atoms with E-state index in [1.54, 1.807) is 30.5 Å². The summed E-state index contributed by atoms with van der Waals surface area (Å²) in [6.07, 6.45) is 1.55. The molecule has 1 heterocycles. The molecule has 0 aliphatic heterocycles. The van der Waals surface area contributed by atoms with Crippen molar-refractivity contribution in [2.24, 2.45) is 0 Å². The molecule has 0 N–H and O–H groups in total. The first-order valence-electron chi connectivity index (χ1n) is 7.46. The van der Waals surface area contributed by atoms with Gasteiger partial charge in [-0.2, -0.15) is 8.42 Å². The number of aromatic nitrogens is 1. The Morgan fingerprint density at radius 1 is 1.04 bits per heavy atom. The SMILES string of the molecule is COc1cc(C)c(C)cc1S(=O)(=O)Oc1ccc(Cl)c2cccnc12. The van der Waals surface area contributed by atoms with Gasteiger partial charge in [-0.1, -0.05) is 11.6 Å². The summed E-state index contributed by atoms with van der Waals surface area (Å²) in [5.74, 6) is 0.342. The van der Waals surface area contributed by atoms with Gasteiger partial charge in [0, 0.05) is 11.6 Å². The minimum atomic E-state index is -4.11. The molecule has 0 aliphatic carbocycles. The van der Waals surface area contributed by atoms with Gasteiger partial charge in [-0.3, -0.25) is 4.98 Å². The van der Waals surface area contributed by atoms with Crippen molar-refractivity contribution in [3.63, 3.8) is 0 Å². The van der Waals surface area contributed by atoms with Crippen LogP contribution in [0.25, 0.3) is 10.9 Å². The van der Waals surface area contributed by atoms with Gasteiger partial charge in [-0.15, -0.1) is 0 Å². The Bertz CT molecular complexity index is 1060. The molecule has 5 nitrogen and oxygen atoms in total. The summed E-state index contributed by atoms with van der Waals surface area (Å²) in [6.45, 7) is 3.71. The number of benzene rings is 2. The van der Waals surface area contributed by atoms with E-state index in [9.17, 15) is 8.42 Å². The molecule has 0 aliphatic rings. The highest BCUT2D eigenvalue weighted by Gasteiger charge is 2.24. The fourth-order valence-corrected chi connectivity index (χ4v) is 3.85. The van der Waals surface area contributed by atoms with Crippen LogP contribution in [0.5, 0.6) is 11.5 Å². The van der Waals surface area contributed by atoms with Gasteiger partial charge in [0.05, 0.1) is 12.1 Å². The molecule has 25 heavy (non-hydrogen) atoms. The molecule has 0 saturated heterocycles. The van der Waals surface area contributed by atoms with Crippen LogP contribution in [0.1, 0.15) is 11.1 Å². The smallest absolute Gasteiger partial charge is 0.343 e. The van der Waals surface area contributed by atoms with E-state index >= 15 is 0 Å². The second kappa shape index (κ2) is 6.54.